The maximum absolute atomic E-state index is 8.90. The summed E-state index contributed by atoms with van der Waals surface area (Å²) in [4.78, 5) is 0. The van der Waals surface area contributed by atoms with E-state index in [1.165, 1.54) is 25.7 Å². The number of aliphatic hydroxyl groups is 1. The minimum Gasteiger partial charge on any atom is -0.396 e. The van der Waals surface area contributed by atoms with Crippen LogP contribution in [0.25, 0.3) is 0 Å². The number of aromatic nitrogens is 1. The maximum Gasteiger partial charge on any atom is 0.139 e. The van der Waals surface area contributed by atoms with E-state index in [-0.39, 0.29) is 6.61 Å². The number of rotatable bonds is 6. The Morgan fingerprint density at radius 2 is 2.25 bits per heavy atom. The second kappa shape index (κ2) is 5.49. The molecule has 0 saturated heterocycles. The molecule has 2 aliphatic rings. The molecule has 1 heterocycles. The van der Waals surface area contributed by atoms with Gasteiger partial charge in [0.15, 0.2) is 0 Å². The first-order valence-electron chi connectivity index (χ1n) is 7.91. The summed E-state index contributed by atoms with van der Waals surface area (Å²) < 4.78 is 5.23. The number of nitrogens with one attached hydrogen (secondary N) is 1. The van der Waals surface area contributed by atoms with Gasteiger partial charge in [-0.1, -0.05) is 25.4 Å². The van der Waals surface area contributed by atoms with Crippen molar-refractivity contribution in [3.05, 3.63) is 17.5 Å². The fraction of sp³-hybridized carbons (Fsp3) is 0.812. The molecule has 2 saturated carbocycles. The van der Waals surface area contributed by atoms with E-state index in [9.17, 15) is 0 Å². The summed E-state index contributed by atoms with van der Waals surface area (Å²) in [6, 6.07) is 3.42. The van der Waals surface area contributed by atoms with Crippen molar-refractivity contribution in [1.29, 1.82) is 0 Å². The fourth-order valence-corrected chi connectivity index (χ4v) is 3.44. The van der Waals surface area contributed by atoms with Gasteiger partial charge in [0.1, 0.15) is 5.76 Å². The third-order valence-electron chi connectivity index (χ3n) is 5.43. The molecular weight excluding hydrogens is 252 g/mol. The summed E-state index contributed by atoms with van der Waals surface area (Å²) in [5.41, 5.74) is 1.37. The van der Waals surface area contributed by atoms with E-state index in [1.54, 1.807) is 0 Å². The second-order valence-electron chi connectivity index (χ2n) is 7.06. The highest BCUT2D eigenvalue weighted by Crippen LogP contribution is 2.48. The van der Waals surface area contributed by atoms with Crippen molar-refractivity contribution in [2.75, 3.05) is 6.61 Å². The largest absolute Gasteiger partial charge is 0.396 e. The van der Waals surface area contributed by atoms with Crippen LogP contribution in [-0.4, -0.2) is 29.0 Å². The van der Waals surface area contributed by atoms with Gasteiger partial charge in [-0.15, -0.1) is 0 Å². The SMILES string of the molecule is CC1(C)C(Cc2cc(CCO)on2)CC1NC1CCC1. The normalized spacial score (nSPS) is 28.9. The van der Waals surface area contributed by atoms with Crippen molar-refractivity contribution >= 4 is 0 Å². The average molecular weight is 278 g/mol. The van der Waals surface area contributed by atoms with Crippen LogP contribution in [0.3, 0.4) is 0 Å². The van der Waals surface area contributed by atoms with E-state index in [0.29, 0.717) is 23.8 Å². The molecule has 0 aliphatic heterocycles. The maximum atomic E-state index is 8.90. The Hall–Kier alpha value is -0.870. The molecule has 20 heavy (non-hydrogen) atoms. The van der Waals surface area contributed by atoms with Crippen LogP contribution < -0.4 is 5.32 Å². The van der Waals surface area contributed by atoms with Crippen molar-refractivity contribution in [2.24, 2.45) is 11.3 Å². The van der Waals surface area contributed by atoms with Gasteiger partial charge in [0.05, 0.1) is 12.3 Å². The first-order chi connectivity index (χ1) is 9.59. The van der Waals surface area contributed by atoms with Gasteiger partial charge >= 0.3 is 0 Å². The molecule has 2 N–H and O–H groups in total. The molecule has 4 nitrogen and oxygen atoms in total. The zero-order valence-corrected chi connectivity index (χ0v) is 12.6. The lowest BCUT2D eigenvalue weighted by Crippen LogP contribution is -2.60. The van der Waals surface area contributed by atoms with Gasteiger partial charge in [-0.25, -0.2) is 0 Å². The molecule has 2 fully saturated rings. The topological polar surface area (TPSA) is 58.3 Å². The monoisotopic (exact) mass is 278 g/mol. The first-order valence-corrected chi connectivity index (χ1v) is 7.91. The summed E-state index contributed by atoms with van der Waals surface area (Å²) >= 11 is 0. The lowest BCUT2D eigenvalue weighted by Gasteiger charge is -2.54. The van der Waals surface area contributed by atoms with Gasteiger partial charge in [-0.05, 0) is 37.0 Å². The van der Waals surface area contributed by atoms with E-state index in [4.69, 9.17) is 9.63 Å². The zero-order chi connectivity index (χ0) is 14.2. The summed E-state index contributed by atoms with van der Waals surface area (Å²) in [6.07, 6.45) is 6.89. The molecule has 2 unspecified atom stereocenters. The van der Waals surface area contributed by atoms with Gasteiger partial charge < -0.3 is 14.9 Å². The van der Waals surface area contributed by atoms with Crippen molar-refractivity contribution in [1.82, 2.24) is 10.5 Å². The van der Waals surface area contributed by atoms with Crippen molar-refractivity contribution < 1.29 is 9.63 Å². The number of hydrogen-bond acceptors (Lipinski definition) is 4. The lowest BCUT2D eigenvalue weighted by atomic mass is 9.57. The zero-order valence-electron chi connectivity index (χ0n) is 12.6. The third kappa shape index (κ3) is 2.63. The third-order valence-corrected chi connectivity index (χ3v) is 5.43. The number of hydrogen-bond donors (Lipinski definition) is 2. The highest BCUT2D eigenvalue weighted by Gasteiger charge is 2.48. The van der Waals surface area contributed by atoms with E-state index in [0.717, 1.165) is 23.9 Å². The van der Waals surface area contributed by atoms with Gasteiger partial charge in [-0.2, -0.15) is 0 Å². The minimum absolute atomic E-state index is 0.122. The van der Waals surface area contributed by atoms with Crippen molar-refractivity contribution in [3.63, 3.8) is 0 Å². The van der Waals surface area contributed by atoms with Crippen LogP contribution in [0.4, 0.5) is 0 Å². The quantitative estimate of drug-likeness (QED) is 0.838. The van der Waals surface area contributed by atoms with Gasteiger partial charge in [0.25, 0.3) is 0 Å². The van der Waals surface area contributed by atoms with Gasteiger partial charge in [0.2, 0.25) is 0 Å². The molecule has 0 spiro atoms. The standard InChI is InChI=1S/C16H26N2O2/c1-16(2)11(9-15(16)17-12-4-3-5-12)8-13-10-14(6-7-19)20-18-13/h10-12,15,17,19H,3-9H2,1-2H3. The van der Waals surface area contributed by atoms with Crippen LogP contribution >= 0.6 is 0 Å². The van der Waals surface area contributed by atoms with Crippen LogP contribution in [-0.2, 0) is 12.8 Å². The predicted molar refractivity (Wildman–Crippen MR) is 77.4 cm³/mol. The van der Waals surface area contributed by atoms with E-state index < -0.39 is 0 Å². The highest BCUT2D eigenvalue weighted by molar-refractivity contribution is 5.11. The Balaban J connectivity index is 1.53. The molecule has 0 radical (unpaired) electrons. The van der Waals surface area contributed by atoms with Crippen LogP contribution in [0.2, 0.25) is 0 Å². The van der Waals surface area contributed by atoms with Crippen molar-refractivity contribution in [2.45, 2.75) is 64.5 Å². The highest BCUT2D eigenvalue weighted by atomic mass is 16.5. The molecule has 2 atom stereocenters. The van der Waals surface area contributed by atoms with Crippen LogP contribution in [0, 0.1) is 11.3 Å². The molecule has 4 heteroatoms. The number of aliphatic hydroxyl groups excluding tert-OH is 1. The molecule has 1 aromatic rings. The number of nitrogens with zero attached hydrogens (tertiary/aromatic N) is 1. The first kappa shape index (κ1) is 14.1. The molecule has 112 valence electrons. The van der Waals surface area contributed by atoms with Gasteiger partial charge in [0, 0.05) is 24.6 Å². The Morgan fingerprint density at radius 1 is 1.45 bits per heavy atom. The molecule has 0 aromatic carbocycles. The molecule has 3 rings (SSSR count). The Bertz CT molecular complexity index is 451. The van der Waals surface area contributed by atoms with Crippen LogP contribution in [0.1, 0.15) is 51.0 Å². The second-order valence-corrected chi connectivity index (χ2v) is 7.06. The Kier molecular flexibility index (Phi) is 3.87. The Morgan fingerprint density at radius 3 is 2.85 bits per heavy atom. The van der Waals surface area contributed by atoms with E-state index in [2.05, 4.69) is 24.3 Å². The summed E-state index contributed by atoms with van der Waals surface area (Å²) in [5, 5.41) is 16.8. The summed E-state index contributed by atoms with van der Waals surface area (Å²) in [6.45, 7) is 4.86. The van der Waals surface area contributed by atoms with Crippen molar-refractivity contribution in [3.8, 4) is 0 Å². The molecule has 2 aliphatic carbocycles. The van der Waals surface area contributed by atoms with Gasteiger partial charge in [-0.3, -0.25) is 0 Å². The minimum atomic E-state index is 0.122. The smallest absolute Gasteiger partial charge is 0.139 e. The van der Waals surface area contributed by atoms with E-state index >= 15 is 0 Å². The van der Waals surface area contributed by atoms with Crippen LogP contribution in [0.5, 0.6) is 0 Å². The summed E-state index contributed by atoms with van der Waals surface area (Å²) in [5.74, 6) is 1.47. The molecular formula is C16H26N2O2. The average Bonchev–Trinajstić information content (AvgIpc) is 2.78. The van der Waals surface area contributed by atoms with Crippen LogP contribution in [0.15, 0.2) is 10.6 Å². The molecule has 0 bridgehead atoms. The Labute approximate surface area is 120 Å². The van der Waals surface area contributed by atoms with E-state index in [1.807, 2.05) is 6.07 Å². The predicted octanol–water partition coefficient (Wildman–Crippen LogP) is 2.31. The molecule has 1 aromatic heterocycles. The summed E-state index contributed by atoms with van der Waals surface area (Å²) in [7, 11) is 0. The molecule has 0 amide bonds. The lowest BCUT2D eigenvalue weighted by molar-refractivity contribution is 0.000515. The fourth-order valence-electron chi connectivity index (χ4n) is 3.44.